The molecule has 2 aliphatic rings. The largest absolute Gasteiger partial charge is 0.493 e. The van der Waals surface area contributed by atoms with Crippen molar-refractivity contribution < 1.29 is 14.3 Å². The van der Waals surface area contributed by atoms with Crippen molar-refractivity contribution in [3.05, 3.63) is 23.3 Å². The highest BCUT2D eigenvalue weighted by Crippen LogP contribution is 2.36. The summed E-state index contributed by atoms with van der Waals surface area (Å²) in [6, 6.07) is 3.96. The standard InChI is InChI=1S/C21H32N2O3/c1-25-19-11-10-17(21(22)24)18(20(19)26-2)13-16-9-6-12-23(16)14-15-7-4-3-5-8-15/h10-11,15-16H,3-9,12-14H2,1-2H3,(H2,22,24)/t16-/m0/s1. The first-order valence-electron chi connectivity index (χ1n) is 9.91. The fourth-order valence-electron chi connectivity index (χ4n) is 4.73. The Bertz CT molecular complexity index is 626. The van der Waals surface area contributed by atoms with Crippen LogP contribution in [0.25, 0.3) is 0 Å². The van der Waals surface area contributed by atoms with Gasteiger partial charge in [0, 0.05) is 23.7 Å². The molecule has 1 aliphatic carbocycles. The third-order valence-electron chi connectivity index (χ3n) is 6.07. The summed E-state index contributed by atoms with van der Waals surface area (Å²) in [7, 11) is 3.25. The summed E-state index contributed by atoms with van der Waals surface area (Å²) in [5.41, 5.74) is 7.08. The fourth-order valence-corrected chi connectivity index (χ4v) is 4.73. The molecule has 0 unspecified atom stereocenters. The van der Waals surface area contributed by atoms with Crippen molar-refractivity contribution in [1.29, 1.82) is 0 Å². The molecule has 2 N–H and O–H groups in total. The molecule has 1 saturated carbocycles. The van der Waals surface area contributed by atoms with E-state index in [1.165, 1.54) is 45.1 Å². The second-order valence-electron chi connectivity index (χ2n) is 7.69. The number of benzene rings is 1. The van der Waals surface area contributed by atoms with Crippen molar-refractivity contribution >= 4 is 5.91 Å². The van der Waals surface area contributed by atoms with E-state index >= 15 is 0 Å². The number of methoxy groups -OCH3 is 2. The number of hydrogen-bond acceptors (Lipinski definition) is 4. The van der Waals surface area contributed by atoms with Crippen LogP contribution in [0.15, 0.2) is 12.1 Å². The number of carbonyl (C=O) groups is 1. The fraction of sp³-hybridized carbons (Fsp3) is 0.667. The lowest BCUT2D eigenvalue weighted by atomic mass is 9.88. The Balaban J connectivity index is 1.80. The molecule has 0 spiro atoms. The second kappa shape index (κ2) is 8.76. The van der Waals surface area contributed by atoms with Crippen LogP contribution in [0, 0.1) is 5.92 Å². The molecule has 2 fully saturated rings. The summed E-state index contributed by atoms with van der Waals surface area (Å²) in [4.78, 5) is 14.6. The molecular formula is C21H32N2O3. The first-order valence-corrected chi connectivity index (χ1v) is 9.91. The molecule has 1 aliphatic heterocycles. The van der Waals surface area contributed by atoms with E-state index in [0.717, 1.165) is 30.9 Å². The minimum atomic E-state index is -0.405. The molecule has 0 bridgehead atoms. The molecule has 1 aromatic carbocycles. The van der Waals surface area contributed by atoms with Gasteiger partial charge >= 0.3 is 0 Å². The van der Waals surface area contributed by atoms with E-state index < -0.39 is 5.91 Å². The van der Waals surface area contributed by atoms with Gasteiger partial charge in [-0.2, -0.15) is 0 Å². The number of nitrogens with zero attached hydrogens (tertiary/aromatic N) is 1. The molecule has 1 heterocycles. The van der Waals surface area contributed by atoms with E-state index in [-0.39, 0.29) is 0 Å². The Morgan fingerprint density at radius 1 is 1.12 bits per heavy atom. The molecule has 1 aromatic rings. The summed E-state index contributed by atoms with van der Waals surface area (Å²) < 4.78 is 11.0. The zero-order valence-corrected chi connectivity index (χ0v) is 16.1. The number of hydrogen-bond donors (Lipinski definition) is 1. The third kappa shape index (κ3) is 4.14. The normalized spacial score (nSPS) is 21.7. The summed E-state index contributed by atoms with van der Waals surface area (Å²) in [5.74, 6) is 1.72. The molecule has 0 aromatic heterocycles. The molecular weight excluding hydrogens is 328 g/mol. The van der Waals surface area contributed by atoms with Gasteiger partial charge in [0.15, 0.2) is 11.5 Å². The van der Waals surface area contributed by atoms with Gasteiger partial charge < -0.3 is 15.2 Å². The van der Waals surface area contributed by atoms with E-state index in [1.54, 1.807) is 26.4 Å². The van der Waals surface area contributed by atoms with Crippen LogP contribution in [0.1, 0.15) is 60.9 Å². The minimum absolute atomic E-state index is 0.405. The van der Waals surface area contributed by atoms with Crippen molar-refractivity contribution in [1.82, 2.24) is 4.90 Å². The van der Waals surface area contributed by atoms with Gasteiger partial charge in [0.2, 0.25) is 5.91 Å². The van der Waals surface area contributed by atoms with Gasteiger partial charge in [-0.05, 0) is 56.7 Å². The van der Waals surface area contributed by atoms with Crippen molar-refractivity contribution in [2.75, 3.05) is 27.3 Å². The van der Waals surface area contributed by atoms with Crippen LogP contribution >= 0.6 is 0 Å². The van der Waals surface area contributed by atoms with E-state index in [0.29, 0.717) is 23.1 Å². The van der Waals surface area contributed by atoms with Gasteiger partial charge in [-0.15, -0.1) is 0 Å². The molecule has 1 saturated heterocycles. The first-order chi connectivity index (χ1) is 12.6. The minimum Gasteiger partial charge on any atom is -0.493 e. The topological polar surface area (TPSA) is 64.8 Å². The number of nitrogens with two attached hydrogens (primary N) is 1. The Morgan fingerprint density at radius 2 is 1.88 bits per heavy atom. The van der Waals surface area contributed by atoms with Crippen LogP contribution in [-0.4, -0.2) is 44.2 Å². The Kier molecular flexibility index (Phi) is 6.41. The van der Waals surface area contributed by atoms with Crippen LogP contribution in [0.4, 0.5) is 0 Å². The van der Waals surface area contributed by atoms with E-state index in [2.05, 4.69) is 4.90 Å². The third-order valence-corrected chi connectivity index (χ3v) is 6.07. The van der Waals surface area contributed by atoms with Crippen LogP contribution in [0.3, 0.4) is 0 Å². The first kappa shape index (κ1) is 19.0. The van der Waals surface area contributed by atoms with Gasteiger partial charge in [0.05, 0.1) is 14.2 Å². The summed E-state index contributed by atoms with van der Waals surface area (Å²) >= 11 is 0. The average molecular weight is 360 g/mol. The number of primary amides is 1. The molecule has 0 radical (unpaired) electrons. The maximum atomic E-state index is 12.0. The molecule has 26 heavy (non-hydrogen) atoms. The Morgan fingerprint density at radius 3 is 2.54 bits per heavy atom. The monoisotopic (exact) mass is 360 g/mol. The maximum absolute atomic E-state index is 12.0. The highest BCUT2D eigenvalue weighted by molar-refractivity contribution is 5.95. The van der Waals surface area contributed by atoms with Crippen LogP contribution in [0.5, 0.6) is 11.5 Å². The number of ether oxygens (including phenoxy) is 2. The molecule has 3 rings (SSSR count). The van der Waals surface area contributed by atoms with Gasteiger partial charge in [-0.1, -0.05) is 19.3 Å². The summed E-state index contributed by atoms with van der Waals surface area (Å²) in [6.07, 6.45) is 10.0. The smallest absolute Gasteiger partial charge is 0.249 e. The number of likely N-dealkylation sites (tertiary alicyclic amines) is 1. The maximum Gasteiger partial charge on any atom is 0.249 e. The lowest BCUT2D eigenvalue weighted by Gasteiger charge is -2.31. The summed E-state index contributed by atoms with van der Waals surface area (Å²) in [6.45, 7) is 2.34. The number of amides is 1. The van der Waals surface area contributed by atoms with E-state index in [9.17, 15) is 4.79 Å². The van der Waals surface area contributed by atoms with Crippen LogP contribution in [0.2, 0.25) is 0 Å². The number of rotatable bonds is 7. The van der Waals surface area contributed by atoms with Crippen LogP contribution in [-0.2, 0) is 6.42 Å². The predicted octanol–water partition coefficient (Wildman–Crippen LogP) is 3.39. The summed E-state index contributed by atoms with van der Waals surface area (Å²) in [5, 5.41) is 0. The van der Waals surface area contributed by atoms with E-state index in [1.807, 2.05) is 0 Å². The van der Waals surface area contributed by atoms with Crippen molar-refractivity contribution in [2.24, 2.45) is 11.7 Å². The van der Waals surface area contributed by atoms with Crippen molar-refractivity contribution in [2.45, 2.75) is 57.4 Å². The lowest BCUT2D eigenvalue weighted by molar-refractivity contribution is 0.0998. The molecule has 5 heteroatoms. The highest BCUT2D eigenvalue weighted by atomic mass is 16.5. The highest BCUT2D eigenvalue weighted by Gasteiger charge is 2.30. The number of carbonyl (C=O) groups excluding carboxylic acids is 1. The van der Waals surface area contributed by atoms with Gasteiger partial charge in [-0.25, -0.2) is 0 Å². The van der Waals surface area contributed by atoms with Gasteiger partial charge in [0.25, 0.3) is 0 Å². The zero-order chi connectivity index (χ0) is 18.5. The predicted molar refractivity (Wildman–Crippen MR) is 103 cm³/mol. The Labute approximate surface area is 156 Å². The quantitative estimate of drug-likeness (QED) is 0.809. The lowest BCUT2D eigenvalue weighted by Crippen LogP contribution is -2.36. The van der Waals surface area contributed by atoms with Crippen molar-refractivity contribution in [3.8, 4) is 11.5 Å². The van der Waals surface area contributed by atoms with E-state index in [4.69, 9.17) is 15.2 Å². The zero-order valence-electron chi connectivity index (χ0n) is 16.1. The van der Waals surface area contributed by atoms with Crippen LogP contribution < -0.4 is 15.2 Å². The molecule has 1 amide bonds. The SMILES string of the molecule is COc1ccc(C(N)=O)c(C[C@@H]2CCCN2CC2CCCCC2)c1OC. The van der Waals surface area contributed by atoms with Gasteiger partial charge in [0.1, 0.15) is 0 Å². The second-order valence-corrected chi connectivity index (χ2v) is 7.69. The molecule has 144 valence electrons. The molecule has 1 atom stereocenters. The average Bonchev–Trinajstić information content (AvgIpc) is 3.08. The molecule has 5 nitrogen and oxygen atoms in total. The Hall–Kier alpha value is -1.75. The van der Waals surface area contributed by atoms with Crippen molar-refractivity contribution in [3.63, 3.8) is 0 Å². The van der Waals surface area contributed by atoms with Gasteiger partial charge in [-0.3, -0.25) is 9.69 Å².